The van der Waals surface area contributed by atoms with E-state index in [1.54, 1.807) is 17.0 Å². The average molecular weight is 502 g/mol. The number of imide groups is 1. The number of hydrogen-bond acceptors (Lipinski definition) is 7. The zero-order valence-corrected chi connectivity index (χ0v) is 20.9. The van der Waals surface area contributed by atoms with Gasteiger partial charge in [0.25, 0.3) is 0 Å². The summed E-state index contributed by atoms with van der Waals surface area (Å²) in [4.78, 5) is 54.3. The van der Waals surface area contributed by atoms with Crippen molar-refractivity contribution in [3.8, 4) is 0 Å². The number of nitrogens with two attached hydrogens (primary N) is 2. The Bertz CT molecular complexity index is 1040. The first kappa shape index (κ1) is 27.1. The lowest BCUT2D eigenvalue weighted by Crippen LogP contribution is -2.55. The summed E-state index contributed by atoms with van der Waals surface area (Å²) in [6, 6.07) is 5.62. The standard InChI is InChI=1S/C25H35N5O6/c1-4-5-11-29-22(32)19-17(13-14(2)3)30(12-10-18(26)31)25(36-24(34)35,20(19)23(29)33)16-8-6-15(7-9-16)21(27)28/h6-9,14,17,19-20H,4-5,10-13H2,1-3H3,(H2,26,31)(H3,27,28)(H,34,35). The van der Waals surface area contributed by atoms with E-state index >= 15 is 0 Å². The molecule has 3 rings (SSSR count). The molecule has 0 aromatic heterocycles. The van der Waals surface area contributed by atoms with Crippen LogP contribution < -0.4 is 11.5 Å². The molecule has 6 N–H and O–H groups in total. The lowest BCUT2D eigenvalue weighted by atomic mass is 9.82. The number of hydrogen-bond donors (Lipinski definition) is 4. The third kappa shape index (κ3) is 4.79. The number of fused-ring (bicyclic) bond motifs is 1. The van der Waals surface area contributed by atoms with E-state index in [0.29, 0.717) is 24.0 Å². The third-order valence-corrected chi connectivity index (χ3v) is 7.01. The van der Waals surface area contributed by atoms with Crippen molar-refractivity contribution in [2.45, 2.75) is 58.2 Å². The number of carbonyl (C=O) groups is 4. The van der Waals surface area contributed by atoms with E-state index in [9.17, 15) is 24.3 Å². The van der Waals surface area contributed by atoms with E-state index in [4.69, 9.17) is 21.6 Å². The zero-order valence-electron chi connectivity index (χ0n) is 20.9. The molecule has 196 valence electrons. The molecule has 2 saturated heterocycles. The first-order valence-corrected chi connectivity index (χ1v) is 12.2. The van der Waals surface area contributed by atoms with Crippen LogP contribution in [0.5, 0.6) is 0 Å². The number of nitrogens with one attached hydrogen (secondary N) is 1. The fraction of sp³-hybridized carbons (Fsp3) is 0.560. The molecule has 4 unspecified atom stereocenters. The average Bonchev–Trinajstić information content (AvgIpc) is 3.20. The van der Waals surface area contributed by atoms with E-state index < -0.39 is 41.6 Å². The van der Waals surface area contributed by atoms with Gasteiger partial charge in [0.1, 0.15) is 11.8 Å². The van der Waals surface area contributed by atoms with E-state index in [-0.39, 0.29) is 37.2 Å². The lowest BCUT2D eigenvalue weighted by molar-refractivity contribution is -0.166. The molecule has 0 saturated carbocycles. The van der Waals surface area contributed by atoms with Gasteiger partial charge in [-0.3, -0.25) is 29.6 Å². The third-order valence-electron chi connectivity index (χ3n) is 7.01. The molecule has 1 aromatic carbocycles. The monoisotopic (exact) mass is 501 g/mol. The molecule has 0 spiro atoms. The number of amides is 3. The van der Waals surface area contributed by atoms with Crippen molar-refractivity contribution in [2.24, 2.45) is 29.2 Å². The Balaban J connectivity index is 2.27. The van der Waals surface area contributed by atoms with Gasteiger partial charge in [-0.25, -0.2) is 4.79 Å². The molecular formula is C25H35N5O6. The minimum absolute atomic E-state index is 0.00300. The molecule has 11 heteroatoms. The Morgan fingerprint density at radius 3 is 2.28 bits per heavy atom. The van der Waals surface area contributed by atoms with Gasteiger partial charge in [0, 0.05) is 36.7 Å². The summed E-state index contributed by atoms with van der Waals surface area (Å²) in [6.45, 7) is 6.13. The molecule has 0 aliphatic carbocycles. The van der Waals surface area contributed by atoms with E-state index in [1.807, 2.05) is 20.8 Å². The summed E-state index contributed by atoms with van der Waals surface area (Å²) in [5.74, 6) is -3.53. The number of likely N-dealkylation sites (tertiary alicyclic amines) is 2. The fourth-order valence-corrected chi connectivity index (χ4v) is 5.57. The Hall–Kier alpha value is -3.47. The van der Waals surface area contributed by atoms with Crippen LogP contribution in [0, 0.1) is 23.2 Å². The van der Waals surface area contributed by atoms with Crippen LogP contribution in [0.1, 0.15) is 57.6 Å². The minimum atomic E-state index is -1.87. The lowest BCUT2D eigenvalue weighted by Gasteiger charge is -2.42. The number of ether oxygens (including phenoxy) is 1. The second-order valence-electron chi connectivity index (χ2n) is 9.85. The number of primary amides is 1. The highest BCUT2D eigenvalue weighted by atomic mass is 16.7. The van der Waals surface area contributed by atoms with Crippen molar-refractivity contribution < 1.29 is 29.0 Å². The predicted molar refractivity (Wildman–Crippen MR) is 131 cm³/mol. The Kier molecular flexibility index (Phi) is 8.02. The molecule has 0 bridgehead atoms. The highest BCUT2D eigenvalue weighted by molar-refractivity contribution is 6.07. The summed E-state index contributed by atoms with van der Waals surface area (Å²) >= 11 is 0. The quantitative estimate of drug-likeness (QED) is 0.153. The van der Waals surface area contributed by atoms with Crippen LogP contribution in [0.15, 0.2) is 24.3 Å². The molecule has 0 radical (unpaired) electrons. The summed E-state index contributed by atoms with van der Waals surface area (Å²) in [6.07, 6.45) is 0.127. The molecule has 1 aromatic rings. The van der Waals surface area contributed by atoms with Gasteiger partial charge in [0.05, 0.1) is 5.92 Å². The number of amidine groups is 1. The smallest absolute Gasteiger partial charge is 0.450 e. The number of benzene rings is 1. The largest absolute Gasteiger partial charge is 0.507 e. The van der Waals surface area contributed by atoms with Gasteiger partial charge in [0.2, 0.25) is 23.4 Å². The highest BCUT2D eigenvalue weighted by Crippen LogP contribution is 2.56. The van der Waals surface area contributed by atoms with Crippen molar-refractivity contribution in [1.82, 2.24) is 9.80 Å². The Labute approximate surface area is 210 Å². The van der Waals surface area contributed by atoms with Crippen LogP contribution in [0.25, 0.3) is 0 Å². The summed E-state index contributed by atoms with van der Waals surface area (Å²) in [7, 11) is 0. The SMILES string of the molecule is CCCCN1C(=O)C2C(CC(C)C)N(CCC(N)=O)C(OC(=O)O)(c3ccc(C(=N)N)cc3)C2C1=O. The van der Waals surface area contributed by atoms with Crippen LogP contribution in [0.3, 0.4) is 0 Å². The first-order valence-electron chi connectivity index (χ1n) is 12.2. The molecule has 11 nitrogen and oxygen atoms in total. The number of rotatable bonds is 11. The predicted octanol–water partition coefficient (Wildman–Crippen LogP) is 1.83. The van der Waals surface area contributed by atoms with Crippen molar-refractivity contribution >= 4 is 29.7 Å². The first-order chi connectivity index (χ1) is 16.9. The zero-order chi connectivity index (χ0) is 26.8. The summed E-state index contributed by atoms with van der Waals surface area (Å²) < 4.78 is 5.63. The van der Waals surface area contributed by atoms with Gasteiger partial charge in [-0.1, -0.05) is 51.5 Å². The van der Waals surface area contributed by atoms with Crippen molar-refractivity contribution in [2.75, 3.05) is 13.1 Å². The topological polar surface area (TPSA) is 180 Å². The molecule has 3 amide bonds. The molecular weight excluding hydrogens is 466 g/mol. The number of nitrogens with zero attached hydrogens (tertiary/aromatic N) is 2. The maximum absolute atomic E-state index is 13.8. The van der Waals surface area contributed by atoms with E-state index in [2.05, 4.69) is 0 Å². The Morgan fingerprint density at radius 2 is 1.78 bits per heavy atom. The summed E-state index contributed by atoms with van der Waals surface area (Å²) in [5.41, 5.74) is 9.90. The molecule has 2 aliphatic rings. The minimum Gasteiger partial charge on any atom is -0.450 e. The molecule has 4 atom stereocenters. The highest BCUT2D eigenvalue weighted by Gasteiger charge is 2.71. The molecule has 2 heterocycles. The van der Waals surface area contributed by atoms with Gasteiger partial charge in [-0.05, 0) is 18.8 Å². The molecule has 36 heavy (non-hydrogen) atoms. The Morgan fingerprint density at radius 1 is 1.14 bits per heavy atom. The van der Waals surface area contributed by atoms with Crippen LogP contribution >= 0.6 is 0 Å². The van der Waals surface area contributed by atoms with Crippen LogP contribution in [-0.2, 0) is 24.8 Å². The van der Waals surface area contributed by atoms with Gasteiger partial charge in [0.15, 0.2) is 0 Å². The molecule has 2 fully saturated rings. The fourth-order valence-electron chi connectivity index (χ4n) is 5.57. The second-order valence-corrected chi connectivity index (χ2v) is 9.85. The number of unbranched alkanes of at least 4 members (excludes halogenated alkanes) is 1. The van der Waals surface area contributed by atoms with Crippen LogP contribution in [0.4, 0.5) is 4.79 Å². The normalized spacial score (nSPS) is 25.9. The maximum atomic E-state index is 13.8. The maximum Gasteiger partial charge on any atom is 0.507 e. The van der Waals surface area contributed by atoms with Crippen LogP contribution in [0.2, 0.25) is 0 Å². The van der Waals surface area contributed by atoms with Crippen molar-refractivity contribution in [3.63, 3.8) is 0 Å². The van der Waals surface area contributed by atoms with Gasteiger partial charge in [-0.15, -0.1) is 0 Å². The van der Waals surface area contributed by atoms with E-state index in [0.717, 1.165) is 6.42 Å². The van der Waals surface area contributed by atoms with Gasteiger partial charge < -0.3 is 21.3 Å². The van der Waals surface area contributed by atoms with Gasteiger partial charge in [-0.2, -0.15) is 0 Å². The number of carboxylic acid groups (broad SMARTS) is 1. The number of nitrogen functional groups attached to an aromatic ring is 1. The summed E-state index contributed by atoms with van der Waals surface area (Å²) in [5, 5.41) is 17.6. The van der Waals surface area contributed by atoms with Crippen molar-refractivity contribution in [3.05, 3.63) is 35.4 Å². The molecule has 2 aliphatic heterocycles. The van der Waals surface area contributed by atoms with Gasteiger partial charge >= 0.3 is 6.16 Å². The van der Waals surface area contributed by atoms with Crippen LogP contribution in [-0.4, -0.2) is 63.8 Å². The second kappa shape index (κ2) is 10.7. The van der Waals surface area contributed by atoms with Crippen molar-refractivity contribution in [1.29, 1.82) is 5.41 Å². The van der Waals surface area contributed by atoms with E-state index in [1.165, 1.54) is 17.0 Å². The number of carbonyl (C=O) groups excluding carboxylic acids is 3.